The first-order chi connectivity index (χ1) is 14.6. The molecule has 1 saturated carbocycles. The summed E-state index contributed by atoms with van der Waals surface area (Å²) in [5.41, 5.74) is 5.36. The van der Waals surface area contributed by atoms with Crippen LogP contribution in [0, 0.1) is 5.92 Å². The lowest BCUT2D eigenvalue weighted by Crippen LogP contribution is -2.42. The van der Waals surface area contributed by atoms with Gasteiger partial charge in [-0.1, -0.05) is 55.7 Å². The maximum atomic E-state index is 12.8. The number of anilines is 1. The molecule has 0 saturated heterocycles. The third kappa shape index (κ3) is 4.86. The second kappa shape index (κ2) is 9.65. The summed E-state index contributed by atoms with van der Waals surface area (Å²) in [6.45, 7) is 2.64. The SMILES string of the molecule is CN(C)c1ccc([C@H](CNC(=O)C2CCCCC2)N2CCc3ccccc3C2)cc1. The molecule has 0 bridgehead atoms. The minimum Gasteiger partial charge on any atom is -0.378 e. The summed E-state index contributed by atoms with van der Waals surface area (Å²) in [7, 11) is 4.14. The van der Waals surface area contributed by atoms with E-state index in [1.54, 1.807) is 0 Å². The minimum absolute atomic E-state index is 0.196. The fraction of sp³-hybridized carbons (Fsp3) is 0.500. The Morgan fingerprint density at radius 2 is 1.73 bits per heavy atom. The molecule has 1 N–H and O–H groups in total. The van der Waals surface area contributed by atoms with Gasteiger partial charge >= 0.3 is 0 Å². The molecule has 0 aromatic heterocycles. The van der Waals surface area contributed by atoms with E-state index in [9.17, 15) is 4.79 Å². The van der Waals surface area contributed by atoms with Gasteiger partial charge in [0.15, 0.2) is 0 Å². The van der Waals surface area contributed by atoms with E-state index in [2.05, 4.69) is 77.7 Å². The molecule has 4 nitrogen and oxygen atoms in total. The van der Waals surface area contributed by atoms with Crippen molar-refractivity contribution in [3.63, 3.8) is 0 Å². The molecule has 1 amide bonds. The van der Waals surface area contributed by atoms with Crippen molar-refractivity contribution < 1.29 is 4.79 Å². The lowest BCUT2D eigenvalue weighted by molar-refractivity contribution is -0.126. The molecule has 4 heteroatoms. The predicted octanol–water partition coefficient (Wildman–Crippen LogP) is 4.55. The molecular formula is C26H35N3O. The number of carbonyl (C=O) groups excluding carboxylic acids is 1. The number of nitrogens with one attached hydrogen (secondary N) is 1. The fourth-order valence-electron chi connectivity index (χ4n) is 4.94. The van der Waals surface area contributed by atoms with Gasteiger partial charge in [0, 0.05) is 45.3 Å². The first kappa shape index (κ1) is 20.9. The number of nitrogens with zero attached hydrogens (tertiary/aromatic N) is 2. The first-order valence-corrected chi connectivity index (χ1v) is 11.5. The number of hydrogen-bond acceptors (Lipinski definition) is 3. The Bertz CT molecular complexity index is 840. The molecule has 4 rings (SSSR count). The lowest BCUT2D eigenvalue weighted by Gasteiger charge is -2.36. The molecular weight excluding hydrogens is 370 g/mol. The van der Waals surface area contributed by atoms with Crippen LogP contribution in [0.25, 0.3) is 0 Å². The second-order valence-corrected chi connectivity index (χ2v) is 9.07. The van der Waals surface area contributed by atoms with Gasteiger partial charge in [0.2, 0.25) is 5.91 Å². The van der Waals surface area contributed by atoms with Crippen LogP contribution in [-0.2, 0) is 17.8 Å². The minimum atomic E-state index is 0.196. The normalized spacial score (nSPS) is 18.5. The maximum Gasteiger partial charge on any atom is 0.223 e. The number of hydrogen-bond donors (Lipinski definition) is 1. The van der Waals surface area contributed by atoms with Crippen molar-refractivity contribution in [1.82, 2.24) is 10.2 Å². The van der Waals surface area contributed by atoms with E-state index >= 15 is 0 Å². The highest BCUT2D eigenvalue weighted by Crippen LogP contribution is 2.29. The van der Waals surface area contributed by atoms with Crippen LogP contribution < -0.4 is 10.2 Å². The van der Waals surface area contributed by atoms with Crippen LogP contribution in [0.15, 0.2) is 48.5 Å². The van der Waals surface area contributed by atoms with E-state index in [0.717, 1.165) is 32.4 Å². The molecule has 160 valence electrons. The summed E-state index contributed by atoms with van der Waals surface area (Å²) >= 11 is 0. The monoisotopic (exact) mass is 405 g/mol. The van der Waals surface area contributed by atoms with Crippen molar-refractivity contribution in [1.29, 1.82) is 0 Å². The average Bonchev–Trinajstić information content (AvgIpc) is 2.80. The molecule has 1 heterocycles. The number of fused-ring (bicyclic) bond motifs is 1. The smallest absolute Gasteiger partial charge is 0.223 e. The highest BCUT2D eigenvalue weighted by atomic mass is 16.1. The van der Waals surface area contributed by atoms with Gasteiger partial charge in [0.05, 0.1) is 6.04 Å². The standard InChI is InChI=1S/C26H35N3O/c1-28(2)24-14-12-21(13-15-24)25(18-27-26(30)22-9-4-3-5-10-22)29-17-16-20-8-6-7-11-23(20)19-29/h6-8,11-15,22,25H,3-5,9-10,16-19H2,1-2H3,(H,27,30)/t25-/m0/s1. The van der Waals surface area contributed by atoms with Gasteiger partial charge < -0.3 is 10.2 Å². The topological polar surface area (TPSA) is 35.6 Å². The number of amides is 1. The second-order valence-electron chi connectivity index (χ2n) is 9.07. The maximum absolute atomic E-state index is 12.8. The van der Waals surface area contributed by atoms with Gasteiger partial charge in [-0.25, -0.2) is 0 Å². The van der Waals surface area contributed by atoms with Crippen LogP contribution in [0.3, 0.4) is 0 Å². The molecule has 1 aliphatic heterocycles. The van der Waals surface area contributed by atoms with Crippen molar-refractivity contribution in [2.45, 2.75) is 51.1 Å². The van der Waals surface area contributed by atoms with Crippen molar-refractivity contribution in [3.8, 4) is 0 Å². The molecule has 1 fully saturated rings. The summed E-state index contributed by atoms with van der Waals surface area (Å²) in [6, 6.07) is 17.8. The van der Waals surface area contributed by atoms with Crippen molar-refractivity contribution in [2.75, 3.05) is 32.1 Å². The zero-order chi connectivity index (χ0) is 20.9. The number of benzene rings is 2. The van der Waals surface area contributed by atoms with Crippen molar-refractivity contribution in [2.24, 2.45) is 5.92 Å². The Hall–Kier alpha value is -2.33. The Labute approximate surface area is 181 Å². The molecule has 30 heavy (non-hydrogen) atoms. The summed E-state index contributed by atoms with van der Waals surface area (Å²) in [5, 5.41) is 3.32. The van der Waals surface area contributed by atoms with E-state index in [0.29, 0.717) is 6.54 Å². The third-order valence-electron chi connectivity index (χ3n) is 6.84. The van der Waals surface area contributed by atoms with Gasteiger partial charge in [-0.15, -0.1) is 0 Å². The highest BCUT2D eigenvalue weighted by Gasteiger charge is 2.27. The van der Waals surface area contributed by atoms with Crippen LogP contribution in [0.5, 0.6) is 0 Å². The summed E-state index contributed by atoms with van der Waals surface area (Å²) in [6.07, 6.45) is 6.82. The first-order valence-electron chi connectivity index (χ1n) is 11.5. The van der Waals surface area contributed by atoms with Crippen LogP contribution in [-0.4, -0.2) is 38.0 Å². The summed E-state index contributed by atoms with van der Waals surface area (Å²) < 4.78 is 0. The molecule has 2 aromatic rings. The zero-order valence-electron chi connectivity index (χ0n) is 18.4. The van der Waals surface area contributed by atoms with Crippen LogP contribution in [0.1, 0.15) is 54.8 Å². The molecule has 2 aromatic carbocycles. The van der Waals surface area contributed by atoms with Gasteiger partial charge in [0.1, 0.15) is 0 Å². The Morgan fingerprint density at radius 3 is 2.43 bits per heavy atom. The van der Waals surface area contributed by atoms with Gasteiger partial charge in [-0.3, -0.25) is 9.69 Å². The largest absolute Gasteiger partial charge is 0.378 e. The molecule has 1 atom stereocenters. The summed E-state index contributed by atoms with van der Waals surface area (Å²) in [5.74, 6) is 0.458. The van der Waals surface area contributed by atoms with E-state index in [1.165, 1.54) is 41.6 Å². The quantitative estimate of drug-likeness (QED) is 0.766. The number of rotatable bonds is 6. The van der Waals surface area contributed by atoms with Crippen LogP contribution >= 0.6 is 0 Å². The Balaban J connectivity index is 1.51. The van der Waals surface area contributed by atoms with E-state index in [-0.39, 0.29) is 17.9 Å². The van der Waals surface area contributed by atoms with Gasteiger partial charge in [0.25, 0.3) is 0 Å². The summed E-state index contributed by atoms with van der Waals surface area (Å²) in [4.78, 5) is 17.5. The predicted molar refractivity (Wildman–Crippen MR) is 124 cm³/mol. The molecule has 2 aliphatic rings. The average molecular weight is 406 g/mol. The molecule has 1 aliphatic carbocycles. The lowest BCUT2D eigenvalue weighted by atomic mass is 9.88. The van der Waals surface area contributed by atoms with Crippen LogP contribution in [0.4, 0.5) is 5.69 Å². The van der Waals surface area contributed by atoms with Crippen molar-refractivity contribution >= 4 is 11.6 Å². The Kier molecular flexibility index (Phi) is 6.73. The van der Waals surface area contributed by atoms with Gasteiger partial charge in [-0.2, -0.15) is 0 Å². The highest BCUT2D eigenvalue weighted by molar-refractivity contribution is 5.78. The van der Waals surface area contributed by atoms with E-state index in [4.69, 9.17) is 0 Å². The molecule has 0 spiro atoms. The van der Waals surface area contributed by atoms with E-state index in [1.807, 2.05) is 0 Å². The van der Waals surface area contributed by atoms with Crippen LogP contribution in [0.2, 0.25) is 0 Å². The fourth-order valence-corrected chi connectivity index (χ4v) is 4.94. The third-order valence-corrected chi connectivity index (χ3v) is 6.84. The van der Waals surface area contributed by atoms with Crippen molar-refractivity contribution in [3.05, 3.63) is 65.2 Å². The van der Waals surface area contributed by atoms with Gasteiger partial charge in [-0.05, 0) is 48.1 Å². The Morgan fingerprint density at radius 1 is 1.03 bits per heavy atom. The molecule has 0 unspecified atom stereocenters. The van der Waals surface area contributed by atoms with E-state index < -0.39 is 0 Å². The molecule has 0 radical (unpaired) electrons. The number of carbonyl (C=O) groups is 1. The zero-order valence-corrected chi connectivity index (χ0v) is 18.4.